The molecule has 2 nitrogen and oxygen atoms in total. The first-order chi connectivity index (χ1) is 8.65. The van der Waals surface area contributed by atoms with Crippen molar-refractivity contribution < 1.29 is 5.11 Å². The van der Waals surface area contributed by atoms with Gasteiger partial charge in [-0.25, -0.2) is 0 Å². The number of hydrogen-bond acceptors (Lipinski definition) is 2. The van der Waals surface area contributed by atoms with Crippen LogP contribution in [0.5, 0.6) is 0 Å². The standard InChI is InChI=1S/C16H27NO/c17-4-3-16(18,14-1-2-14)15-8-11-5-12(9-15)7-13(6-11)10-15/h11-14,18H,1-10,17H2. The van der Waals surface area contributed by atoms with Crippen molar-refractivity contribution in [3.63, 3.8) is 0 Å². The lowest BCUT2D eigenvalue weighted by Gasteiger charge is -2.62. The van der Waals surface area contributed by atoms with Crippen LogP contribution in [0.3, 0.4) is 0 Å². The van der Waals surface area contributed by atoms with E-state index in [1.54, 1.807) is 0 Å². The third-order valence-electron chi connectivity index (χ3n) is 6.73. The Labute approximate surface area is 110 Å². The van der Waals surface area contributed by atoms with E-state index in [4.69, 9.17) is 5.73 Å². The van der Waals surface area contributed by atoms with Gasteiger partial charge in [0.05, 0.1) is 5.60 Å². The molecule has 0 radical (unpaired) electrons. The molecular formula is C16H27NO. The molecule has 5 aliphatic rings. The summed E-state index contributed by atoms with van der Waals surface area (Å²) < 4.78 is 0. The van der Waals surface area contributed by atoms with Crippen molar-refractivity contribution >= 4 is 0 Å². The Hall–Kier alpha value is -0.0800. The predicted molar refractivity (Wildman–Crippen MR) is 72.0 cm³/mol. The minimum Gasteiger partial charge on any atom is -0.389 e. The lowest BCUT2D eigenvalue weighted by atomic mass is 9.44. The molecule has 0 aliphatic heterocycles. The molecule has 5 aliphatic carbocycles. The summed E-state index contributed by atoms with van der Waals surface area (Å²) in [4.78, 5) is 0. The second-order valence-corrected chi connectivity index (χ2v) is 7.94. The Balaban J connectivity index is 1.69. The summed E-state index contributed by atoms with van der Waals surface area (Å²) in [5.41, 5.74) is 5.70. The highest BCUT2D eigenvalue weighted by Gasteiger charge is 2.63. The number of nitrogens with two attached hydrogens (primary N) is 1. The minimum absolute atomic E-state index is 0.266. The molecule has 0 spiro atoms. The zero-order valence-electron chi connectivity index (χ0n) is 11.4. The van der Waals surface area contributed by atoms with E-state index < -0.39 is 5.60 Å². The average molecular weight is 249 g/mol. The molecule has 18 heavy (non-hydrogen) atoms. The van der Waals surface area contributed by atoms with Crippen molar-refractivity contribution in [2.24, 2.45) is 34.8 Å². The van der Waals surface area contributed by atoms with Crippen LogP contribution in [0.15, 0.2) is 0 Å². The van der Waals surface area contributed by atoms with Gasteiger partial charge in [0.25, 0.3) is 0 Å². The van der Waals surface area contributed by atoms with Crippen molar-refractivity contribution in [2.45, 2.75) is 63.4 Å². The number of aliphatic hydroxyl groups is 1. The van der Waals surface area contributed by atoms with Crippen molar-refractivity contribution in [1.29, 1.82) is 0 Å². The Bertz CT molecular complexity index is 314. The Morgan fingerprint density at radius 1 is 1.00 bits per heavy atom. The molecule has 0 heterocycles. The fourth-order valence-electron chi connectivity index (χ4n) is 6.32. The van der Waals surface area contributed by atoms with Gasteiger partial charge in [0.1, 0.15) is 0 Å². The molecule has 1 unspecified atom stereocenters. The monoisotopic (exact) mass is 249 g/mol. The molecule has 0 aromatic carbocycles. The molecule has 0 aromatic heterocycles. The van der Waals surface area contributed by atoms with E-state index in [0.717, 1.165) is 24.2 Å². The molecule has 1 atom stereocenters. The van der Waals surface area contributed by atoms with Crippen LogP contribution in [-0.4, -0.2) is 17.3 Å². The summed E-state index contributed by atoms with van der Waals surface area (Å²) in [7, 11) is 0. The molecule has 0 amide bonds. The topological polar surface area (TPSA) is 46.2 Å². The van der Waals surface area contributed by atoms with Crippen LogP contribution in [0.1, 0.15) is 57.8 Å². The molecule has 2 heteroatoms. The van der Waals surface area contributed by atoms with Crippen molar-refractivity contribution in [2.75, 3.05) is 6.54 Å². The van der Waals surface area contributed by atoms with Gasteiger partial charge >= 0.3 is 0 Å². The summed E-state index contributed by atoms with van der Waals surface area (Å²) in [5, 5.41) is 11.4. The van der Waals surface area contributed by atoms with E-state index in [9.17, 15) is 5.11 Å². The molecule has 3 N–H and O–H groups in total. The molecule has 5 saturated carbocycles. The van der Waals surface area contributed by atoms with Gasteiger partial charge in [-0.3, -0.25) is 0 Å². The average Bonchev–Trinajstić information content (AvgIpc) is 3.10. The SMILES string of the molecule is NCCC(O)(C1CC1)C12CC3CC(CC(C3)C1)C2. The Kier molecular flexibility index (Phi) is 2.43. The Morgan fingerprint density at radius 2 is 1.50 bits per heavy atom. The number of hydrogen-bond donors (Lipinski definition) is 2. The fraction of sp³-hybridized carbons (Fsp3) is 1.00. The van der Waals surface area contributed by atoms with Crippen LogP contribution in [0.2, 0.25) is 0 Å². The lowest BCUT2D eigenvalue weighted by Crippen LogP contribution is -2.60. The second-order valence-electron chi connectivity index (χ2n) is 7.94. The maximum Gasteiger partial charge on any atom is 0.0744 e. The van der Waals surface area contributed by atoms with Gasteiger partial charge in [-0.05, 0) is 88.0 Å². The lowest BCUT2D eigenvalue weighted by molar-refractivity contribution is -0.191. The first kappa shape index (κ1) is 11.7. The first-order valence-electron chi connectivity index (χ1n) is 8.08. The maximum atomic E-state index is 11.4. The summed E-state index contributed by atoms with van der Waals surface area (Å²) >= 11 is 0. The summed E-state index contributed by atoms with van der Waals surface area (Å²) in [6.07, 6.45) is 11.7. The molecule has 0 saturated heterocycles. The van der Waals surface area contributed by atoms with Gasteiger partial charge in [0, 0.05) is 5.41 Å². The van der Waals surface area contributed by atoms with Gasteiger partial charge in [0.15, 0.2) is 0 Å². The van der Waals surface area contributed by atoms with Crippen molar-refractivity contribution in [1.82, 2.24) is 0 Å². The van der Waals surface area contributed by atoms with Crippen LogP contribution < -0.4 is 5.73 Å². The molecule has 5 fully saturated rings. The van der Waals surface area contributed by atoms with Crippen LogP contribution in [0.4, 0.5) is 0 Å². The van der Waals surface area contributed by atoms with E-state index in [1.165, 1.54) is 51.4 Å². The third-order valence-corrected chi connectivity index (χ3v) is 6.73. The molecule has 4 bridgehead atoms. The van der Waals surface area contributed by atoms with Gasteiger partial charge in [0.2, 0.25) is 0 Å². The maximum absolute atomic E-state index is 11.4. The van der Waals surface area contributed by atoms with Gasteiger partial charge in [-0.15, -0.1) is 0 Å². The third kappa shape index (κ3) is 1.48. The fourth-order valence-corrected chi connectivity index (χ4v) is 6.32. The summed E-state index contributed by atoms with van der Waals surface area (Å²) in [6, 6.07) is 0. The van der Waals surface area contributed by atoms with E-state index in [0.29, 0.717) is 12.5 Å². The number of rotatable bonds is 4. The minimum atomic E-state index is -0.405. The van der Waals surface area contributed by atoms with E-state index in [2.05, 4.69) is 0 Å². The zero-order chi connectivity index (χ0) is 12.4. The molecule has 102 valence electrons. The van der Waals surface area contributed by atoms with E-state index in [1.807, 2.05) is 0 Å². The highest BCUT2D eigenvalue weighted by molar-refractivity contribution is 5.14. The van der Waals surface area contributed by atoms with Gasteiger partial charge in [-0.1, -0.05) is 0 Å². The molecular weight excluding hydrogens is 222 g/mol. The normalized spacial score (nSPS) is 49.3. The largest absolute Gasteiger partial charge is 0.389 e. The van der Waals surface area contributed by atoms with Gasteiger partial charge in [-0.2, -0.15) is 0 Å². The molecule has 5 rings (SSSR count). The summed E-state index contributed by atoms with van der Waals surface area (Å²) in [6.45, 7) is 0.661. The van der Waals surface area contributed by atoms with E-state index >= 15 is 0 Å². The smallest absolute Gasteiger partial charge is 0.0744 e. The van der Waals surface area contributed by atoms with Crippen LogP contribution in [0.25, 0.3) is 0 Å². The van der Waals surface area contributed by atoms with E-state index in [-0.39, 0.29) is 5.41 Å². The highest BCUT2D eigenvalue weighted by atomic mass is 16.3. The van der Waals surface area contributed by atoms with Crippen LogP contribution >= 0.6 is 0 Å². The first-order valence-corrected chi connectivity index (χ1v) is 8.08. The molecule has 0 aromatic rings. The van der Waals surface area contributed by atoms with Crippen molar-refractivity contribution in [3.8, 4) is 0 Å². The quantitative estimate of drug-likeness (QED) is 0.804. The van der Waals surface area contributed by atoms with Crippen molar-refractivity contribution in [3.05, 3.63) is 0 Å². The summed E-state index contributed by atoms with van der Waals surface area (Å²) in [5.74, 6) is 3.37. The van der Waals surface area contributed by atoms with Gasteiger partial charge < -0.3 is 10.8 Å². The van der Waals surface area contributed by atoms with Crippen LogP contribution in [-0.2, 0) is 0 Å². The zero-order valence-corrected chi connectivity index (χ0v) is 11.4. The highest BCUT2D eigenvalue weighted by Crippen LogP contribution is 2.67. The predicted octanol–water partition coefficient (Wildman–Crippen LogP) is 2.69. The Morgan fingerprint density at radius 3 is 1.89 bits per heavy atom. The van der Waals surface area contributed by atoms with Crippen LogP contribution in [0, 0.1) is 29.1 Å². The second kappa shape index (κ2) is 3.73.